The zero-order valence-electron chi connectivity index (χ0n) is 13.3. The summed E-state index contributed by atoms with van der Waals surface area (Å²) in [5.41, 5.74) is 0.209. The maximum atomic E-state index is 11.9. The molecule has 1 atom stereocenters. The molecule has 1 N–H and O–H groups in total. The Bertz CT molecular complexity index is 609. The Morgan fingerprint density at radius 2 is 2.27 bits per heavy atom. The molecule has 1 unspecified atom stereocenters. The van der Waals surface area contributed by atoms with Crippen molar-refractivity contribution in [3.05, 3.63) is 23.4 Å². The van der Waals surface area contributed by atoms with Gasteiger partial charge in [0.25, 0.3) is 0 Å². The first-order valence-electron chi connectivity index (χ1n) is 7.40. The number of nitrogens with zero attached hydrogens (tertiary/aromatic N) is 4. The molecule has 1 saturated heterocycles. The van der Waals surface area contributed by atoms with E-state index in [-0.39, 0.29) is 12.3 Å². The molecule has 1 aromatic heterocycles. The van der Waals surface area contributed by atoms with Crippen LogP contribution in [0.3, 0.4) is 0 Å². The average molecular weight is 302 g/mol. The number of carbonyl (C=O) groups excluding carboxylic acids is 1. The van der Waals surface area contributed by atoms with Gasteiger partial charge in [0.05, 0.1) is 23.3 Å². The highest BCUT2D eigenvalue weighted by molar-refractivity contribution is 5.76. The lowest BCUT2D eigenvalue weighted by molar-refractivity contribution is -0.134. The molecule has 22 heavy (non-hydrogen) atoms. The van der Waals surface area contributed by atoms with Gasteiger partial charge >= 0.3 is 0 Å². The smallest absolute Gasteiger partial charge is 0.225 e. The van der Waals surface area contributed by atoms with Crippen LogP contribution in [0, 0.1) is 18.3 Å². The second kappa shape index (κ2) is 6.32. The van der Waals surface area contributed by atoms with Gasteiger partial charge in [0.2, 0.25) is 5.91 Å². The van der Waals surface area contributed by atoms with E-state index in [0.29, 0.717) is 24.2 Å². The molecule has 0 bridgehead atoms. The third-order valence-electron chi connectivity index (χ3n) is 4.05. The van der Waals surface area contributed by atoms with Crippen molar-refractivity contribution in [3.63, 3.8) is 0 Å². The highest BCUT2D eigenvalue weighted by Crippen LogP contribution is 2.28. The van der Waals surface area contributed by atoms with Crippen molar-refractivity contribution < 1.29 is 9.90 Å². The summed E-state index contributed by atoms with van der Waals surface area (Å²) in [7, 11) is 3.38. The van der Waals surface area contributed by atoms with Gasteiger partial charge < -0.3 is 14.9 Å². The van der Waals surface area contributed by atoms with Crippen LogP contribution in [-0.4, -0.2) is 53.7 Å². The molecule has 2 rings (SSSR count). The fourth-order valence-electron chi connectivity index (χ4n) is 2.73. The Hall–Kier alpha value is -2.13. The first kappa shape index (κ1) is 16.2. The topological polar surface area (TPSA) is 80.5 Å². The van der Waals surface area contributed by atoms with E-state index >= 15 is 0 Å². The summed E-state index contributed by atoms with van der Waals surface area (Å²) in [5.74, 6) is 0.667. The number of hydrogen-bond acceptors (Lipinski definition) is 5. The van der Waals surface area contributed by atoms with E-state index in [1.807, 2.05) is 4.90 Å². The first-order valence-corrected chi connectivity index (χ1v) is 7.40. The normalized spacial score (nSPS) is 21.3. The minimum atomic E-state index is -1.02. The van der Waals surface area contributed by atoms with Crippen LogP contribution in [0.5, 0.6) is 0 Å². The van der Waals surface area contributed by atoms with Gasteiger partial charge in [0.15, 0.2) is 0 Å². The van der Waals surface area contributed by atoms with Gasteiger partial charge in [-0.1, -0.05) is 0 Å². The summed E-state index contributed by atoms with van der Waals surface area (Å²) in [6, 6.07) is 5.64. The number of rotatable bonds is 3. The zero-order valence-corrected chi connectivity index (χ0v) is 13.3. The molecule has 0 radical (unpaired) electrons. The fourth-order valence-corrected chi connectivity index (χ4v) is 2.73. The van der Waals surface area contributed by atoms with Crippen LogP contribution < -0.4 is 4.90 Å². The van der Waals surface area contributed by atoms with Crippen molar-refractivity contribution in [2.45, 2.75) is 31.8 Å². The average Bonchev–Trinajstić information content (AvgIpc) is 2.46. The van der Waals surface area contributed by atoms with Gasteiger partial charge in [-0.25, -0.2) is 4.98 Å². The largest absolute Gasteiger partial charge is 0.388 e. The molecule has 1 fully saturated rings. The highest BCUT2D eigenvalue weighted by atomic mass is 16.3. The van der Waals surface area contributed by atoms with Crippen molar-refractivity contribution in [1.82, 2.24) is 9.88 Å². The Morgan fingerprint density at radius 3 is 2.86 bits per heavy atom. The predicted octanol–water partition coefficient (Wildman–Crippen LogP) is 1.07. The van der Waals surface area contributed by atoms with Crippen LogP contribution in [0.25, 0.3) is 0 Å². The number of pyridine rings is 1. The molecule has 118 valence electrons. The number of amides is 1. The standard InChI is InChI=1S/C16H22N4O2/c1-12-13(10-17)5-6-14(18-12)20-8-4-7-16(22,11-20)9-15(21)19(2)3/h5-6,22H,4,7-9,11H2,1-3H3. The maximum Gasteiger partial charge on any atom is 0.225 e. The van der Waals surface area contributed by atoms with Crippen molar-refractivity contribution in [2.24, 2.45) is 0 Å². The van der Waals surface area contributed by atoms with E-state index in [1.54, 1.807) is 33.2 Å². The van der Waals surface area contributed by atoms with E-state index in [2.05, 4.69) is 11.1 Å². The summed E-state index contributed by atoms with van der Waals surface area (Å²) < 4.78 is 0. The molecule has 1 amide bonds. The van der Waals surface area contributed by atoms with Gasteiger partial charge in [-0.2, -0.15) is 5.26 Å². The molecule has 1 aliphatic rings. The molecule has 6 heteroatoms. The first-order chi connectivity index (χ1) is 10.3. The molecule has 1 aromatic rings. The summed E-state index contributed by atoms with van der Waals surface area (Å²) in [4.78, 5) is 19.8. The lowest BCUT2D eigenvalue weighted by Crippen LogP contribution is -2.50. The van der Waals surface area contributed by atoms with Crippen LogP contribution >= 0.6 is 0 Å². The number of hydrogen-bond donors (Lipinski definition) is 1. The quantitative estimate of drug-likeness (QED) is 0.903. The molecular weight excluding hydrogens is 280 g/mol. The number of nitriles is 1. The summed E-state index contributed by atoms with van der Waals surface area (Å²) >= 11 is 0. The van der Waals surface area contributed by atoms with Crippen LogP contribution in [0.4, 0.5) is 5.82 Å². The predicted molar refractivity (Wildman–Crippen MR) is 83.4 cm³/mol. The maximum absolute atomic E-state index is 11.9. The number of aryl methyl sites for hydroxylation is 1. The Balaban J connectivity index is 2.15. The van der Waals surface area contributed by atoms with Gasteiger partial charge in [0, 0.05) is 27.2 Å². The molecule has 1 aliphatic heterocycles. The van der Waals surface area contributed by atoms with Crippen molar-refractivity contribution in [3.8, 4) is 6.07 Å². The Labute approximate surface area is 131 Å². The number of aromatic nitrogens is 1. The number of carbonyl (C=O) groups is 1. The molecule has 0 saturated carbocycles. The van der Waals surface area contributed by atoms with Crippen molar-refractivity contribution in [1.29, 1.82) is 5.26 Å². The third kappa shape index (κ3) is 3.55. The minimum absolute atomic E-state index is 0.0756. The van der Waals surface area contributed by atoms with E-state index in [4.69, 9.17) is 5.26 Å². The van der Waals surface area contributed by atoms with E-state index in [1.165, 1.54) is 4.90 Å². The lowest BCUT2D eigenvalue weighted by atomic mass is 9.89. The van der Waals surface area contributed by atoms with Crippen LogP contribution in [-0.2, 0) is 4.79 Å². The SMILES string of the molecule is Cc1nc(N2CCCC(O)(CC(=O)N(C)C)C2)ccc1C#N. The van der Waals surface area contributed by atoms with E-state index in [9.17, 15) is 9.90 Å². The van der Waals surface area contributed by atoms with Crippen LogP contribution in [0.2, 0.25) is 0 Å². The van der Waals surface area contributed by atoms with Crippen molar-refractivity contribution in [2.75, 3.05) is 32.1 Å². The molecular formula is C16H22N4O2. The van der Waals surface area contributed by atoms with Gasteiger partial charge in [0.1, 0.15) is 11.9 Å². The van der Waals surface area contributed by atoms with Crippen LogP contribution in [0.1, 0.15) is 30.5 Å². The second-order valence-electron chi connectivity index (χ2n) is 6.13. The fraction of sp³-hybridized carbons (Fsp3) is 0.562. The lowest BCUT2D eigenvalue weighted by Gasteiger charge is -2.40. The number of anilines is 1. The Morgan fingerprint density at radius 1 is 1.55 bits per heavy atom. The molecule has 2 heterocycles. The van der Waals surface area contributed by atoms with Crippen molar-refractivity contribution >= 4 is 11.7 Å². The van der Waals surface area contributed by atoms with Gasteiger partial charge in [-0.3, -0.25) is 4.79 Å². The Kier molecular flexibility index (Phi) is 4.67. The summed E-state index contributed by atoms with van der Waals surface area (Å²) in [6.07, 6.45) is 1.53. The third-order valence-corrected chi connectivity index (χ3v) is 4.05. The number of β-amino-alcohol motifs (C(OH)–C–C–N with tert-alkyl or cyclic N) is 1. The molecule has 0 aromatic carbocycles. The molecule has 0 spiro atoms. The number of aliphatic hydroxyl groups is 1. The zero-order chi connectivity index (χ0) is 16.3. The highest BCUT2D eigenvalue weighted by Gasteiger charge is 2.36. The summed E-state index contributed by atoms with van der Waals surface area (Å²) in [5, 5.41) is 19.7. The minimum Gasteiger partial charge on any atom is -0.388 e. The molecule has 0 aliphatic carbocycles. The van der Waals surface area contributed by atoms with E-state index in [0.717, 1.165) is 18.8 Å². The van der Waals surface area contributed by atoms with Gasteiger partial charge in [-0.05, 0) is 31.9 Å². The van der Waals surface area contributed by atoms with E-state index < -0.39 is 5.60 Å². The van der Waals surface area contributed by atoms with Crippen LogP contribution in [0.15, 0.2) is 12.1 Å². The molecule has 6 nitrogen and oxygen atoms in total. The summed E-state index contributed by atoms with van der Waals surface area (Å²) in [6.45, 7) is 2.97. The number of piperidine rings is 1. The second-order valence-corrected chi connectivity index (χ2v) is 6.13. The monoisotopic (exact) mass is 302 g/mol. The van der Waals surface area contributed by atoms with Gasteiger partial charge in [-0.15, -0.1) is 0 Å².